The van der Waals surface area contributed by atoms with E-state index in [9.17, 15) is 15.0 Å². The number of phenolic OH excluding ortho intramolecular Hbond substituents is 2. The summed E-state index contributed by atoms with van der Waals surface area (Å²) < 4.78 is 0. The molecule has 0 radical (unpaired) electrons. The molecule has 4 nitrogen and oxygen atoms in total. The summed E-state index contributed by atoms with van der Waals surface area (Å²) in [6, 6.07) is 12.5. The molecule has 0 amide bonds. The van der Waals surface area contributed by atoms with E-state index >= 15 is 0 Å². The van der Waals surface area contributed by atoms with Crippen LogP contribution in [-0.4, -0.2) is 22.2 Å². The molecule has 0 spiro atoms. The Morgan fingerprint density at radius 3 is 2.56 bits per heavy atom. The van der Waals surface area contributed by atoms with Crippen LogP contribution >= 0.6 is 0 Å². The molecule has 0 saturated carbocycles. The van der Waals surface area contributed by atoms with E-state index in [0.29, 0.717) is 5.69 Å². The summed E-state index contributed by atoms with van der Waals surface area (Å²) in [5.41, 5.74) is 0.667. The third-order valence-electron chi connectivity index (χ3n) is 2.33. The third-order valence-corrected chi connectivity index (χ3v) is 2.33. The fourth-order valence-electron chi connectivity index (χ4n) is 1.46. The summed E-state index contributed by atoms with van der Waals surface area (Å²) in [6.07, 6.45) is 1.11. The van der Waals surface area contributed by atoms with Gasteiger partial charge in [0.05, 0.1) is 17.5 Å². The molecule has 0 aromatic heterocycles. The van der Waals surface area contributed by atoms with Crippen LogP contribution in [0.15, 0.2) is 53.5 Å². The van der Waals surface area contributed by atoms with Crippen molar-refractivity contribution in [2.75, 3.05) is 0 Å². The Labute approximate surface area is 104 Å². The first-order valence-corrected chi connectivity index (χ1v) is 5.32. The number of ketones is 1. The van der Waals surface area contributed by atoms with Crippen molar-refractivity contribution in [2.24, 2.45) is 4.99 Å². The summed E-state index contributed by atoms with van der Waals surface area (Å²) >= 11 is 0. The molecule has 0 unspecified atom stereocenters. The number of phenols is 2. The van der Waals surface area contributed by atoms with Crippen molar-refractivity contribution < 1.29 is 15.0 Å². The third kappa shape index (κ3) is 2.74. The summed E-state index contributed by atoms with van der Waals surface area (Å²) in [5, 5.41) is 18.7. The van der Waals surface area contributed by atoms with Crippen LogP contribution in [0.25, 0.3) is 0 Å². The van der Waals surface area contributed by atoms with Crippen molar-refractivity contribution in [3.05, 3.63) is 54.1 Å². The summed E-state index contributed by atoms with van der Waals surface area (Å²) in [4.78, 5) is 15.7. The molecule has 90 valence electrons. The van der Waals surface area contributed by atoms with Gasteiger partial charge in [0.15, 0.2) is 0 Å². The summed E-state index contributed by atoms with van der Waals surface area (Å²) in [7, 11) is 0. The van der Waals surface area contributed by atoms with E-state index in [0.717, 1.165) is 6.21 Å². The van der Waals surface area contributed by atoms with E-state index in [4.69, 9.17) is 0 Å². The molecule has 2 rings (SSSR count). The summed E-state index contributed by atoms with van der Waals surface area (Å²) in [5.74, 6) is -0.388. The highest BCUT2D eigenvalue weighted by Gasteiger charge is 2.07. The Bertz CT molecular complexity index is 605. The van der Waals surface area contributed by atoms with Crippen LogP contribution in [0.5, 0.6) is 11.5 Å². The van der Waals surface area contributed by atoms with Gasteiger partial charge < -0.3 is 10.2 Å². The van der Waals surface area contributed by atoms with Gasteiger partial charge in [-0.15, -0.1) is 0 Å². The van der Waals surface area contributed by atoms with Crippen molar-refractivity contribution in [1.82, 2.24) is 0 Å². The zero-order valence-corrected chi connectivity index (χ0v) is 9.45. The van der Waals surface area contributed by atoms with Crippen molar-refractivity contribution in [1.29, 1.82) is 0 Å². The second kappa shape index (κ2) is 5.14. The van der Waals surface area contributed by atoms with E-state index in [1.54, 1.807) is 24.3 Å². The van der Waals surface area contributed by atoms with Gasteiger partial charge in [-0.3, -0.25) is 9.79 Å². The van der Waals surface area contributed by atoms with Crippen molar-refractivity contribution >= 4 is 17.7 Å². The molecule has 2 aromatic rings. The molecule has 0 bridgehead atoms. The second-order valence-corrected chi connectivity index (χ2v) is 3.66. The van der Waals surface area contributed by atoms with Gasteiger partial charge in [-0.2, -0.15) is 0 Å². The fraction of sp³-hybridized carbons (Fsp3) is 0. The number of aliphatic imine (C=N–C) groups is 1. The number of hydrogen-bond acceptors (Lipinski definition) is 4. The van der Waals surface area contributed by atoms with Crippen LogP contribution in [0.2, 0.25) is 0 Å². The molecule has 0 fully saturated rings. The lowest BCUT2D eigenvalue weighted by Crippen LogP contribution is -1.99. The standard InChI is InChI=1S/C14H11NO3/c16-11-5-3-4-10(8-11)15-9-14(18)12-6-1-2-7-13(12)17/h1-9,16-17H. The normalized spacial score (nSPS) is 10.7. The number of nitrogens with zero attached hydrogens (tertiary/aromatic N) is 1. The molecular weight excluding hydrogens is 230 g/mol. The Kier molecular flexibility index (Phi) is 3.38. The molecular formula is C14H11NO3. The Morgan fingerprint density at radius 2 is 1.83 bits per heavy atom. The maximum absolute atomic E-state index is 11.8. The van der Waals surface area contributed by atoms with Crippen molar-refractivity contribution in [3.63, 3.8) is 0 Å². The Balaban J connectivity index is 2.20. The van der Waals surface area contributed by atoms with E-state index in [2.05, 4.69) is 4.99 Å². The minimum Gasteiger partial charge on any atom is -0.508 e. The first kappa shape index (κ1) is 11.9. The first-order valence-electron chi connectivity index (χ1n) is 5.32. The van der Waals surface area contributed by atoms with E-state index in [1.165, 1.54) is 24.3 Å². The average molecular weight is 241 g/mol. The van der Waals surface area contributed by atoms with Crippen LogP contribution in [0.3, 0.4) is 0 Å². The van der Waals surface area contributed by atoms with E-state index < -0.39 is 5.78 Å². The molecule has 0 aliphatic carbocycles. The zero-order chi connectivity index (χ0) is 13.0. The van der Waals surface area contributed by atoms with Crippen molar-refractivity contribution in [2.45, 2.75) is 0 Å². The number of aromatic hydroxyl groups is 2. The predicted molar refractivity (Wildman–Crippen MR) is 68.7 cm³/mol. The topological polar surface area (TPSA) is 69.9 Å². The quantitative estimate of drug-likeness (QED) is 0.641. The monoisotopic (exact) mass is 241 g/mol. The lowest BCUT2D eigenvalue weighted by Gasteiger charge is -1.98. The highest BCUT2D eigenvalue weighted by Crippen LogP contribution is 2.19. The van der Waals surface area contributed by atoms with Crippen LogP contribution in [0.1, 0.15) is 10.4 Å². The maximum Gasteiger partial charge on any atom is 0.207 e. The molecule has 18 heavy (non-hydrogen) atoms. The number of benzene rings is 2. The van der Waals surface area contributed by atoms with Gasteiger partial charge in [0.25, 0.3) is 0 Å². The number of hydrogen-bond donors (Lipinski definition) is 2. The molecule has 0 aliphatic heterocycles. The summed E-state index contributed by atoms with van der Waals surface area (Å²) in [6.45, 7) is 0. The Morgan fingerprint density at radius 1 is 1.06 bits per heavy atom. The van der Waals surface area contributed by atoms with E-state index in [-0.39, 0.29) is 17.1 Å². The molecule has 0 saturated heterocycles. The highest BCUT2D eigenvalue weighted by molar-refractivity contribution is 6.36. The average Bonchev–Trinajstić information content (AvgIpc) is 2.37. The second-order valence-electron chi connectivity index (χ2n) is 3.66. The molecule has 2 aromatic carbocycles. The molecule has 4 heteroatoms. The number of para-hydroxylation sites is 1. The van der Waals surface area contributed by atoms with Gasteiger partial charge in [-0.1, -0.05) is 18.2 Å². The lowest BCUT2D eigenvalue weighted by atomic mass is 10.1. The minimum atomic E-state index is -0.392. The van der Waals surface area contributed by atoms with Gasteiger partial charge in [0, 0.05) is 6.07 Å². The van der Waals surface area contributed by atoms with Crippen LogP contribution in [0.4, 0.5) is 5.69 Å². The van der Waals surface area contributed by atoms with Crippen molar-refractivity contribution in [3.8, 4) is 11.5 Å². The van der Waals surface area contributed by atoms with Gasteiger partial charge in [0.2, 0.25) is 5.78 Å². The van der Waals surface area contributed by atoms with Gasteiger partial charge in [-0.25, -0.2) is 0 Å². The van der Waals surface area contributed by atoms with Crippen LogP contribution < -0.4 is 0 Å². The first-order chi connectivity index (χ1) is 8.66. The highest BCUT2D eigenvalue weighted by atomic mass is 16.3. The largest absolute Gasteiger partial charge is 0.508 e. The number of rotatable bonds is 3. The fourth-order valence-corrected chi connectivity index (χ4v) is 1.46. The smallest absolute Gasteiger partial charge is 0.207 e. The molecule has 0 atom stereocenters. The van der Waals surface area contributed by atoms with Gasteiger partial charge >= 0.3 is 0 Å². The van der Waals surface area contributed by atoms with Crippen LogP contribution in [0, 0.1) is 0 Å². The van der Waals surface area contributed by atoms with E-state index in [1.807, 2.05) is 0 Å². The zero-order valence-electron chi connectivity index (χ0n) is 9.45. The minimum absolute atomic E-state index is 0.0788. The number of Topliss-reactive ketones (excluding diaryl/α,β-unsaturated/α-hetero) is 1. The maximum atomic E-state index is 11.8. The lowest BCUT2D eigenvalue weighted by molar-refractivity contribution is 0.106. The Hall–Kier alpha value is -2.62. The number of carbonyl (C=O) groups excluding carboxylic acids is 1. The van der Waals surface area contributed by atoms with Gasteiger partial charge in [-0.05, 0) is 24.3 Å². The molecule has 0 heterocycles. The molecule has 2 N–H and O–H groups in total. The molecule has 0 aliphatic rings. The van der Waals surface area contributed by atoms with Crippen LogP contribution in [-0.2, 0) is 0 Å². The SMILES string of the molecule is O=C(C=Nc1cccc(O)c1)c1ccccc1O. The van der Waals surface area contributed by atoms with Gasteiger partial charge in [0.1, 0.15) is 11.5 Å². The predicted octanol–water partition coefficient (Wildman–Crippen LogP) is 2.68. The number of carbonyl (C=O) groups is 1.